The molecule has 108 valence electrons. The van der Waals surface area contributed by atoms with Crippen LogP contribution in [0, 0.1) is 19.3 Å². The van der Waals surface area contributed by atoms with Crippen molar-refractivity contribution in [3.63, 3.8) is 0 Å². The van der Waals surface area contributed by atoms with Crippen molar-refractivity contribution >= 4 is 21.8 Å². The third kappa shape index (κ3) is 3.96. The second-order valence-electron chi connectivity index (χ2n) is 5.53. The number of hydrogen-bond donors (Lipinski definition) is 2. The molecule has 0 saturated heterocycles. The smallest absolute Gasteiger partial charge is 0.144 e. The molecule has 0 amide bonds. The Morgan fingerprint density at radius 2 is 2.05 bits per heavy atom. The Morgan fingerprint density at radius 3 is 2.53 bits per heavy atom. The molecule has 1 aromatic heterocycles. The lowest BCUT2D eigenvalue weighted by Gasteiger charge is -2.22. The number of oxime groups is 1. The second-order valence-corrected chi connectivity index (χ2v) is 6.33. The Bertz CT molecular complexity index is 465. The van der Waals surface area contributed by atoms with Gasteiger partial charge < -0.3 is 10.9 Å². The lowest BCUT2D eigenvalue weighted by Crippen LogP contribution is -2.31. The van der Waals surface area contributed by atoms with Gasteiger partial charge in [0.25, 0.3) is 0 Å². The Hall–Kier alpha value is -1.04. The summed E-state index contributed by atoms with van der Waals surface area (Å²) in [7, 11) is 0. The third-order valence-corrected chi connectivity index (χ3v) is 4.66. The minimum atomic E-state index is -0.260. The summed E-state index contributed by atoms with van der Waals surface area (Å²) in [6.07, 6.45) is 2.93. The first-order valence-electron chi connectivity index (χ1n) is 6.47. The van der Waals surface area contributed by atoms with Crippen molar-refractivity contribution in [1.29, 1.82) is 0 Å². The van der Waals surface area contributed by atoms with Crippen molar-refractivity contribution in [3.8, 4) is 0 Å². The van der Waals surface area contributed by atoms with Gasteiger partial charge >= 0.3 is 0 Å². The van der Waals surface area contributed by atoms with E-state index in [0.29, 0.717) is 5.84 Å². The third-order valence-electron chi connectivity index (χ3n) is 3.52. The summed E-state index contributed by atoms with van der Waals surface area (Å²) < 4.78 is 3.11. The number of amidine groups is 1. The lowest BCUT2D eigenvalue weighted by atomic mass is 9.86. The number of nitrogens with zero attached hydrogens (tertiary/aromatic N) is 3. The molecule has 6 heteroatoms. The van der Waals surface area contributed by atoms with Gasteiger partial charge in [-0.15, -0.1) is 0 Å². The summed E-state index contributed by atoms with van der Waals surface area (Å²) in [5, 5.41) is 16.3. The number of halogens is 1. The summed E-state index contributed by atoms with van der Waals surface area (Å²) in [5.41, 5.74) is 7.59. The Morgan fingerprint density at radius 1 is 1.42 bits per heavy atom. The molecule has 0 spiro atoms. The molecule has 0 fully saturated rings. The van der Waals surface area contributed by atoms with Crippen LogP contribution in [0.5, 0.6) is 0 Å². The maximum absolute atomic E-state index is 8.72. The molecule has 1 rings (SSSR count). The predicted octanol–water partition coefficient (Wildman–Crippen LogP) is 3.21. The number of nitrogens with two attached hydrogens (primary N) is 1. The number of aromatic nitrogens is 2. The molecule has 1 aromatic rings. The van der Waals surface area contributed by atoms with Crippen LogP contribution in [0.4, 0.5) is 0 Å². The maximum Gasteiger partial charge on any atom is 0.144 e. The summed E-state index contributed by atoms with van der Waals surface area (Å²) >= 11 is 3.53. The van der Waals surface area contributed by atoms with Gasteiger partial charge in [-0.3, -0.25) is 4.68 Å². The van der Waals surface area contributed by atoms with Gasteiger partial charge in [-0.1, -0.05) is 25.4 Å². The molecular weight excluding hydrogens is 308 g/mol. The zero-order valence-corrected chi connectivity index (χ0v) is 13.7. The number of unbranched alkanes of at least 4 members (excludes halogenated alkanes) is 1. The van der Waals surface area contributed by atoms with Gasteiger partial charge in [0.05, 0.1) is 10.2 Å². The molecule has 19 heavy (non-hydrogen) atoms. The lowest BCUT2D eigenvalue weighted by molar-refractivity contribution is 0.303. The molecule has 0 aliphatic heterocycles. The normalized spacial score (nSPS) is 13.0. The average Bonchev–Trinajstić information content (AvgIpc) is 2.61. The first kappa shape index (κ1) is 16.0. The minimum Gasteiger partial charge on any atom is -0.409 e. The molecule has 0 aromatic carbocycles. The van der Waals surface area contributed by atoms with Gasteiger partial charge in [0, 0.05) is 17.7 Å². The van der Waals surface area contributed by atoms with E-state index in [1.807, 2.05) is 25.5 Å². The summed E-state index contributed by atoms with van der Waals surface area (Å²) in [5.74, 6) is 0.293. The van der Waals surface area contributed by atoms with E-state index in [0.717, 1.165) is 41.7 Å². The largest absolute Gasteiger partial charge is 0.409 e. The fourth-order valence-corrected chi connectivity index (χ4v) is 2.27. The summed E-state index contributed by atoms with van der Waals surface area (Å²) in [6.45, 7) is 8.92. The van der Waals surface area contributed by atoms with Crippen LogP contribution >= 0.6 is 15.9 Å². The molecule has 0 bridgehead atoms. The van der Waals surface area contributed by atoms with Crippen LogP contribution in [-0.4, -0.2) is 20.8 Å². The number of rotatable bonds is 6. The summed E-state index contributed by atoms with van der Waals surface area (Å²) in [4.78, 5) is 0. The zero-order valence-electron chi connectivity index (χ0n) is 12.1. The van der Waals surface area contributed by atoms with E-state index < -0.39 is 0 Å². The van der Waals surface area contributed by atoms with Crippen molar-refractivity contribution in [2.45, 2.75) is 53.5 Å². The van der Waals surface area contributed by atoms with Crippen molar-refractivity contribution in [3.05, 3.63) is 15.9 Å². The summed E-state index contributed by atoms with van der Waals surface area (Å²) in [6, 6.07) is 0. The van der Waals surface area contributed by atoms with Crippen LogP contribution in [0.15, 0.2) is 9.63 Å². The van der Waals surface area contributed by atoms with E-state index in [2.05, 4.69) is 33.1 Å². The van der Waals surface area contributed by atoms with Crippen molar-refractivity contribution in [2.75, 3.05) is 0 Å². The monoisotopic (exact) mass is 330 g/mol. The van der Waals surface area contributed by atoms with E-state index in [1.54, 1.807) is 0 Å². The van der Waals surface area contributed by atoms with Gasteiger partial charge in [-0.05, 0) is 42.6 Å². The highest BCUT2D eigenvalue weighted by molar-refractivity contribution is 9.10. The van der Waals surface area contributed by atoms with Gasteiger partial charge in [0.2, 0.25) is 0 Å². The van der Waals surface area contributed by atoms with E-state index >= 15 is 0 Å². The molecule has 3 N–H and O–H groups in total. The van der Waals surface area contributed by atoms with Crippen molar-refractivity contribution in [1.82, 2.24) is 9.78 Å². The fourth-order valence-electron chi connectivity index (χ4n) is 1.98. The second kappa shape index (κ2) is 6.41. The molecule has 0 saturated carbocycles. The number of hydrogen-bond acceptors (Lipinski definition) is 3. The molecule has 0 unspecified atom stereocenters. The standard InChI is InChI=1S/C13H23BrN4O/c1-9-11(14)10(2)18(16-9)8-6-5-7-13(3,4)12(15)17-19/h19H,5-8H2,1-4H3,(H2,15,17). The van der Waals surface area contributed by atoms with E-state index in [4.69, 9.17) is 10.9 Å². The molecule has 0 aliphatic rings. The number of aryl methyl sites for hydroxylation is 2. The van der Waals surface area contributed by atoms with Crippen LogP contribution in [0.3, 0.4) is 0 Å². The van der Waals surface area contributed by atoms with Crippen molar-refractivity contribution < 1.29 is 5.21 Å². The quantitative estimate of drug-likeness (QED) is 0.276. The highest BCUT2D eigenvalue weighted by atomic mass is 79.9. The first-order chi connectivity index (χ1) is 8.79. The fraction of sp³-hybridized carbons (Fsp3) is 0.692. The molecule has 0 aliphatic carbocycles. The van der Waals surface area contributed by atoms with E-state index in [1.165, 1.54) is 0 Å². The Balaban J connectivity index is 2.45. The average molecular weight is 331 g/mol. The van der Waals surface area contributed by atoms with Crippen LogP contribution in [-0.2, 0) is 6.54 Å². The molecule has 1 heterocycles. The molecular formula is C13H23BrN4O. The van der Waals surface area contributed by atoms with Gasteiger partial charge in [-0.25, -0.2) is 0 Å². The molecule has 0 atom stereocenters. The predicted molar refractivity (Wildman–Crippen MR) is 80.4 cm³/mol. The van der Waals surface area contributed by atoms with Crippen LogP contribution in [0.2, 0.25) is 0 Å². The van der Waals surface area contributed by atoms with Gasteiger partial charge in [0.1, 0.15) is 5.84 Å². The van der Waals surface area contributed by atoms with Gasteiger partial charge in [-0.2, -0.15) is 5.10 Å². The maximum atomic E-state index is 8.72. The van der Waals surface area contributed by atoms with E-state index in [9.17, 15) is 0 Å². The Labute approximate surface area is 123 Å². The SMILES string of the molecule is Cc1nn(CCCCC(C)(C)C(N)=NO)c(C)c1Br. The molecule has 5 nitrogen and oxygen atoms in total. The van der Waals surface area contributed by atoms with Crippen molar-refractivity contribution in [2.24, 2.45) is 16.3 Å². The topological polar surface area (TPSA) is 76.4 Å². The first-order valence-corrected chi connectivity index (χ1v) is 7.26. The van der Waals surface area contributed by atoms with Crippen LogP contribution in [0.1, 0.15) is 44.5 Å². The van der Waals surface area contributed by atoms with Gasteiger partial charge in [0.15, 0.2) is 0 Å². The highest BCUT2D eigenvalue weighted by Crippen LogP contribution is 2.24. The highest BCUT2D eigenvalue weighted by Gasteiger charge is 2.22. The van der Waals surface area contributed by atoms with Crippen LogP contribution < -0.4 is 5.73 Å². The Kier molecular flexibility index (Phi) is 5.40. The zero-order chi connectivity index (χ0) is 14.6. The van der Waals surface area contributed by atoms with E-state index in [-0.39, 0.29) is 5.41 Å². The molecule has 0 radical (unpaired) electrons. The minimum absolute atomic E-state index is 0.260. The van der Waals surface area contributed by atoms with Crippen LogP contribution in [0.25, 0.3) is 0 Å².